The number of amides is 2. The zero-order valence-corrected chi connectivity index (χ0v) is 16.6. The molecular formula is C24H19FN2O4. The Kier molecular flexibility index (Phi) is 5.66. The standard InChI is InChI=1S/C24H19FN2O4/c1-2-30-18-12-10-17(11-13-18)26-24(29)22-21(19-8-3-4-9-20(19)31-22)27-23(28)15-6-5-7-16(25)14-15/h3-14H,2H2,1H3,(H,26,29)(H,27,28). The number of hydrogen-bond donors (Lipinski definition) is 2. The first-order valence-corrected chi connectivity index (χ1v) is 9.68. The van der Waals surface area contributed by atoms with Gasteiger partial charge in [-0.3, -0.25) is 9.59 Å². The lowest BCUT2D eigenvalue weighted by atomic mass is 10.1. The minimum Gasteiger partial charge on any atom is -0.494 e. The zero-order chi connectivity index (χ0) is 21.8. The number of nitrogens with one attached hydrogen (secondary N) is 2. The molecule has 6 nitrogen and oxygen atoms in total. The SMILES string of the molecule is CCOc1ccc(NC(=O)c2oc3ccccc3c2NC(=O)c2cccc(F)c2)cc1. The third-order valence-electron chi connectivity index (χ3n) is 4.55. The van der Waals surface area contributed by atoms with Crippen LogP contribution in [0, 0.1) is 5.82 Å². The third kappa shape index (κ3) is 4.40. The predicted octanol–water partition coefficient (Wildman–Crippen LogP) is 5.48. The van der Waals surface area contributed by atoms with Crippen LogP contribution >= 0.6 is 0 Å². The molecule has 4 rings (SSSR count). The maximum absolute atomic E-state index is 13.5. The molecule has 0 fully saturated rings. The van der Waals surface area contributed by atoms with Crippen LogP contribution in [0.25, 0.3) is 11.0 Å². The summed E-state index contributed by atoms with van der Waals surface area (Å²) in [5.74, 6) is -0.985. The van der Waals surface area contributed by atoms with E-state index in [0.29, 0.717) is 29.0 Å². The quantitative estimate of drug-likeness (QED) is 0.435. The molecule has 2 N–H and O–H groups in total. The van der Waals surface area contributed by atoms with Crippen molar-refractivity contribution in [1.29, 1.82) is 0 Å². The van der Waals surface area contributed by atoms with Crippen LogP contribution in [0.2, 0.25) is 0 Å². The number of hydrogen-bond acceptors (Lipinski definition) is 4. The van der Waals surface area contributed by atoms with Crippen LogP contribution in [0.3, 0.4) is 0 Å². The smallest absolute Gasteiger partial charge is 0.293 e. The normalized spacial score (nSPS) is 10.6. The van der Waals surface area contributed by atoms with Crippen LogP contribution in [0.5, 0.6) is 5.75 Å². The van der Waals surface area contributed by atoms with Gasteiger partial charge in [0.15, 0.2) is 0 Å². The van der Waals surface area contributed by atoms with Gasteiger partial charge in [-0.15, -0.1) is 0 Å². The number of fused-ring (bicyclic) bond motifs is 1. The van der Waals surface area contributed by atoms with Gasteiger partial charge in [0.2, 0.25) is 5.76 Å². The topological polar surface area (TPSA) is 80.6 Å². The molecule has 4 aromatic rings. The molecule has 0 bridgehead atoms. The van der Waals surface area contributed by atoms with E-state index in [1.165, 1.54) is 18.2 Å². The molecule has 0 aliphatic carbocycles. The maximum Gasteiger partial charge on any atom is 0.293 e. The number of halogens is 1. The molecule has 1 aromatic heterocycles. The second-order valence-electron chi connectivity index (χ2n) is 6.68. The Bertz CT molecular complexity index is 1250. The number of ether oxygens (including phenoxy) is 1. The lowest BCUT2D eigenvalue weighted by Crippen LogP contribution is -2.17. The molecule has 0 aliphatic rings. The maximum atomic E-state index is 13.5. The van der Waals surface area contributed by atoms with Gasteiger partial charge in [0.25, 0.3) is 11.8 Å². The van der Waals surface area contributed by atoms with E-state index in [4.69, 9.17) is 9.15 Å². The molecule has 0 unspecified atom stereocenters. The molecule has 0 radical (unpaired) electrons. The first-order valence-electron chi connectivity index (χ1n) is 9.68. The van der Waals surface area contributed by atoms with E-state index in [1.807, 2.05) is 6.92 Å². The fraction of sp³-hybridized carbons (Fsp3) is 0.0833. The Morgan fingerprint density at radius 1 is 0.935 bits per heavy atom. The summed E-state index contributed by atoms with van der Waals surface area (Å²) >= 11 is 0. The van der Waals surface area contributed by atoms with E-state index in [9.17, 15) is 14.0 Å². The van der Waals surface area contributed by atoms with Gasteiger partial charge in [-0.25, -0.2) is 4.39 Å². The van der Waals surface area contributed by atoms with Gasteiger partial charge < -0.3 is 19.8 Å². The van der Waals surface area contributed by atoms with Gasteiger partial charge in [-0.05, 0) is 61.5 Å². The number of benzene rings is 3. The lowest BCUT2D eigenvalue weighted by molar-refractivity contribution is 0.0999. The summed E-state index contributed by atoms with van der Waals surface area (Å²) in [5.41, 5.74) is 1.32. The summed E-state index contributed by atoms with van der Waals surface area (Å²) in [4.78, 5) is 25.6. The predicted molar refractivity (Wildman–Crippen MR) is 116 cm³/mol. The number of anilines is 2. The van der Waals surface area contributed by atoms with Crippen LogP contribution in [-0.2, 0) is 0 Å². The van der Waals surface area contributed by atoms with E-state index in [0.717, 1.165) is 6.07 Å². The highest BCUT2D eigenvalue weighted by molar-refractivity contribution is 6.16. The number of rotatable bonds is 6. The molecule has 31 heavy (non-hydrogen) atoms. The Balaban J connectivity index is 1.64. The average molecular weight is 418 g/mol. The van der Waals surface area contributed by atoms with Gasteiger partial charge in [0, 0.05) is 16.6 Å². The molecule has 0 saturated carbocycles. The number of carbonyl (C=O) groups is 2. The Labute approximate surface area is 177 Å². The van der Waals surface area contributed by atoms with Crippen molar-refractivity contribution >= 4 is 34.2 Å². The van der Waals surface area contributed by atoms with Crippen LogP contribution in [0.15, 0.2) is 77.2 Å². The van der Waals surface area contributed by atoms with Crippen LogP contribution in [0.1, 0.15) is 27.8 Å². The highest BCUT2D eigenvalue weighted by Gasteiger charge is 2.23. The van der Waals surface area contributed by atoms with Gasteiger partial charge in [0.05, 0.1) is 6.61 Å². The average Bonchev–Trinajstić information content (AvgIpc) is 3.14. The minimum atomic E-state index is -0.554. The van der Waals surface area contributed by atoms with Gasteiger partial charge in [-0.2, -0.15) is 0 Å². The van der Waals surface area contributed by atoms with E-state index in [1.54, 1.807) is 48.5 Å². The monoisotopic (exact) mass is 418 g/mol. The van der Waals surface area contributed by atoms with Crippen molar-refractivity contribution in [3.63, 3.8) is 0 Å². The molecule has 156 valence electrons. The second-order valence-corrected chi connectivity index (χ2v) is 6.68. The fourth-order valence-electron chi connectivity index (χ4n) is 3.13. The minimum absolute atomic E-state index is 0.0557. The fourth-order valence-corrected chi connectivity index (χ4v) is 3.13. The molecule has 2 amide bonds. The molecule has 0 spiro atoms. The van der Waals surface area contributed by atoms with Gasteiger partial charge >= 0.3 is 0 Å². The van der Waals surface area contributed by atoms with Crippen molar-refractivity contribution in [3.8, 4) is 5.75 Å². The zero-order valence-electron chi connectivity index (χ0n) is 16.6. The van der Waals surface area contributed by atoms with Crippen molar-refractivity contribution in [2.75, 3.05) is 17.2 Å². The molecule has 0 saturated heterocycles. The molecule has 3 aromatic carbocycles. The number of furan rings is 1. The van der Waals surface area contributed by atoms with E-state index in [2.05, 4.69) is 10.6 Å². The summed E-state index contributed by atoms with van der Waals surface area (Å²) in [7, 11) is 0. The van der Waals surface area contributed by atoms with Crippen molar-refractivity contribution in [2.45, 2.75) is 6.92 Å². The Morgan fingerprint density at radius 2 is 1.71 bits per heavy atom. The molecule has 0 aliphatic heterocycles. The van der Waals surface area contributed by atoms with Crippen molar-refractivity contribution < 1.29 is 23.1 Å². The summed E-state index contributed by atoms with van der Waals surface area (Å²) in [6.07, 6.45) is 0. The highest BCUT2D eigenvalue weighted by atomic mass is 19.1. The van der Waals surface area contributed by atoms with Crippen LogP contribution in [-0.4, -0.2) is 18.4 Å². The van der Waals surface area contributed by atoms with E-state index < -0.39 is 17.6 Å². The molecular weight excluding hydrogens is 399 g/mol. The molecule has 0 atom stereocenters. The van der Waals surface area contributed by atoms with E-state index in [-0.39, 0.29) is 17.0 Å². The molecule has 7 heteroatoms. The summed E-state index contributed by atoms with van der Waals surface area (Å²) in [5, 5.41) is 6.00. The van der Waals surface area contributed by atoms with Crippen molar-refractivity contribution in [2.24, 2.45) is 0 Å². The van der Waals surface area contributed by atoms with Crippen LogP contribution in [0.4, 0.5) is 15.8 Å². The van der Waals surface area contributed by atoms with E-state index >= 15 is 0 Å². The first kappa shape index (κ1) is 20.2. The summed E-state index contributed by atoms with van der Waals surface area (Å²) in [6.45, 7) is 2.43. The lowest BCUT2D eigenvalue weighted by Gasteiger charge is -2.08. The second kappa shape index (κ2) is 8.71. The van der Waals surface area contributed by atoms with Crippen LogP contribution < -0.4 is 15.4 Å². The number of carbonyl (C=O) groups excluding carboxylic acids is 2. The largest absolute Gasteiger partial charge is 0.494 e. The van der Waals surface area contributed by atoms with Crippen molar-refractivity contribution in [3.05, 3.63) is 89.9 Å². The summed E-state index contributed by atoms with van der Waals surface area (Å²) < 4.78 is 24.6. The molecule has 1 heterocycles. The third-order valence-corrected chi connectivity index (χ3v) is 4.55. The number of para-hydroxylation sites is 1. The summed E-state index contributed by atoms with van der Waals surface area (Å²) in [6, 6.07) is 19.1. The Hall–Kier alpha value is -4.13. The van der Waals surface area contributed by atoms with Crippen molar-refractivity contribution in [1.82, 2.24) is 0 Å². The Morgan fingerprint density at radius 3 is 2.45 bits per heavy atom. The highest BCUT2D eigenvalue weighted by Crippen LogP contribution is 2.32. The first-order chi connectivity index (χ1) is 15.0. The van der Waals surface area contributed by atoms with Gasteiger partial charge in [-0.1, -0.05) is 18.2 Å². The van der Waals surface area contributed by atoms with Gasteiger partial charge in [0.1, 0.15) is 22.8 Å².